The zero-order valence-electron chi connectivity index (χ0n) is 17.2. The van der Waals surface area contributed by atoms with Crippen molar-refractivity contribution in [3.63, 3.8) is 0 Å². The van der Waals surface area contributed by atoms with Crippen molar-refractivity contribution in [2.75, 3.05) is 13.1 Å². The lowest BCUT2D eigenvalue weighted by atomic mass is 10.1. The molecule has 1 amide bonds. The van der Waals surface area contributed by atoms with E-state index in [-0.39, 0.29) is 23.8 Å². The number of fused-ring (bicyclic) bond motifs is 1. The molecule has 1 saturated heterocycles. The molecule has 8 heteroatoms. The van der Waals surface area contributed by atoms with Crippen LogP contribution in [0.25, 0.3) is 11.0 Å². The summed E-state index contributed by atoms with van der Waals surface area (Å²) in [4.78, 5) is 19.5. The van der Waals surface area contributed by atoms with Gasteiger partial charge in [0.15, 0.2) is 17.2 Å². The number of piperidine rings is 1. The highest BCUT2D eigenvalue weighted by atomic mass is 19.1. The maximum atomic E-state index is 13.8. The second-order valence-corrected chi connectivity index (χ2v) is 7.90. The number of halogens is 2. The molecule has 1 aliphatic heterocycles. The molecule has 0 radical (unpaired) electrons. The van der Waals surface area contributed by atoms with Gasteiger partial charge >= 0.3 is 0 Å². The molecule has 0 saturated carbocycles. The predicted molar refractivity (Wildman–Crippen MR) is 109 cm³/mol. The second-order valence-electron chi connectivity index (χ2n) is 7.90. The van der Waals surface area contributed by atoms with Crippen LogP contribution < -0.4 is 4.74 Å². The van der Waals surface area contributed by atoms with Crippen LogP contribution in [0.2, 0.25) is 0 Å². The van der Waals surface area contributed by atoms with Gasteiger partial charge < -0.3 is 9.64 Å². The number of aromatic nitrogens is 3. The number of amides is 1. The van der Waals surface area contributed by atoms with Crippen LogP contribution >= 0.6 is 0 Å². The lowest BCUT2D eigenvalue weighted by Gasteiger charge is -2.32. The van der Waals surface area contributed by atoms with Crippen molar-refractivity contribution in [1.82, 2.24) is 19.7 Å². The maximum Gasteiger partial charge on any atom is 0.255 e. The first kappa shape index (κ1) is 20.3. The first-order chi connectivity index (χ1) is 14.3. The Balaban J connectivity index is 1.44. The topological polar surface area (TPSA) is 60.2 Å². The van der Waals surface area contributed by atoms with E-state index in [9.17, 15) is 13.6 Å². The number of hydrogen-bond donors (Lipinski definition) is 0. The third kappa shape index (κ3) is 3.86. The number of nitrogens with zero attached hydrogens (tertiary/aromatic N) is 4. The van der Waals surface area contributed by atoms with E-state index in [1.807, 2.05) is 31.5 Å². The Labute approximate surface area is 173 Å². The lowest BCUT2D eigenvalue weighted by molar-refractivity contribution is 0.0587. The molecular formula is C22H24F2N4O2. The standard InChI is InChI=1S/C22H24F2N4O2/c1-13(2)28-21-15(12-25-28)10-18(14(3)26-21)22(29)27-8-6-17(7-9-27)30-20-5-4-16(23)11-19(20)24/h4-5,10-13,17H,6-9H2,1-3H3. The van der Waals surface area contributed by atoms with Crippen molar-refractivity contribution in [1.29, 1.82) is 0 Å². The van der Waals surface area contributed by atoms with Crippen LogP contribution in [0.5, 0.6) is 5.75 Å². The van der Waals surface area contributed by atoms with E-state index in [0.717, 1.165) is 17.1 Å². The lowest BCUT2D eigenvalue weighted by Crippen LogP contribution is -2.42. The monoisotopic (exact) mass is 414 g/mol. The molecule has 6 nitrogen and oxygen atoms in total. The zero-order chi connectivity index (χ0) is 21.4. The number of ether oxygens (including phenoxy) is 1. The smallest absolute Gasteiger partial charge is 0.255 e. The average molecular weight is 414 g/mol. The molecule has 1 aliphatic rings. The molecule has 1 aromatic carbocycles. The van der Waals surface area contributed by atoms with Crippen LogP contribution in [0, 0.1) is 18.6 Å². The van der Waals surface area contributed by atoms with Gasteiger partial charge in [-0.05, 0) is 39.0 Å². The molecule has 158 valence electrons. The van der Waals surface area contributed by atoms with Crippen LogP contribution in [0.4, 0.5) is 8.78 Å². The molecule has 3 heterocycles. The highest BCUT2D eigenvalue weighted by Crippen LogP contribution is 2.25. The van der Waals surface area contributed by atoms with Crippen molar-refractivity contribution in [3.8, 4) is 5.75 Å². The molecule has 30 heavy (non-hydrogen) atoms. The van der Waals surface area contributed by atoms with Crippen molar-refractivity contribution < 1.29 is 18.3 Å². The second kappa shape index (κ2) is 8.01. The van der Waals surface area contributed by atoms with E-state index < -0.39 is 11.6 Å². The number of aryl methyl sites for hydroxylation is 1. The van der Waals surface area contributed by atoms with E-state index in [0.29, 0.717) is 37.2 Å². The van der Waals surface area contributed by atoms with Crippen molar-refractivity contribution >= 4 is 16.9 Å². The fourth-order valence-electron chi connectivity index (χ4n) is 3.76. The Kier molecular flexibility index (Phi) is 5.40. The zero-order valence-corrected chi connectivity index (χ0v) is 17.2. The fraction of sp³-hybridized carbons (Fsp3) is 0.409. The van der Waals surface area contributed by atoms with Gasteiger partial charge in [-0.15, -0.1) is 0 Å². The summed E-state index contributed by atoms with van der Waals surface area (Å²) in [5, 5.41) is 5.21. The number of carbonyl (C=O) groups is 1. The summed E-state index contributed by atoms with van der Waals surface area (Å²) in [6.07, 6.45) is 2.65. The molecule has 2 aromatic heterocycles. The third-order valence-corrected chi connectivity index (χ3v) is 5.40. The minimum atomic E-state index is -0.717. The SMILES string of the molecule is Cc1nc2c(cnn2C(C)C)cc1C(=O)N1CCC(Oc2ccc(F)cc2F)CC1. The normalized spacial score (nSPS) is 15.2. The van der Waals surface area contributed by atoms with Crippen LogP contribution in [0.15, 0.2) is 30.5 Å². The van der Waals surface area contributed by atoms with Crippen LogP contribution in [0.1, 0.15) is 48.8 Å². The van der Waals surface area contributed by atoms with Crippen molar-refractivity contribution in [3.05, 3.63) is 53.4 Å². The van der Waals surface area contributed by atoms with E-state index in [1.165, 1.54) is 12.1 Å². The summed E-state index contributed by atoms with van der Waals surface area (Å²) < 4.78 is 34.4. The quantitative estimate of drug-likeness (QED) is 0.639. The Morgan fingerprint density at radius 1 is 1.20 bits per heavy atom. The highest BCUT2D eigenvalue weighted by Gasteiger charge is 2.27. The number of hydrogen-bond acceptors (Lipinski definition) is 4. The van der Waals surface area contributed by atoms with Crippen LogP contribution in [0.3, 0.4) is 0 Å². The molecule has 3 aromatic rings. The van der Waals surface area contributed by atoms with Gasteiger partial charge in [0.2, 0.25) is 0 Å². The summed E-state index contributed by atoms with van der Waals surface area (Å²) >= 11 is 0. The molecule has 0 spiro atoms. The summed E-state index contributed by atoms with van der Waals surface area (Å²) in [6, 6.07) is 5.30. The number of rotatable bonds is 4. The predicted octanol–water partition coefficient (Wildman–Crippen LogP) is 4.28. The molecule has 0 bridgehead atoms. The molecular weight excluding hydrogens is 390 g/mol. The summed E-state index contributed by atoms with van der Waals surface area (Å²) in [5.74, 6) is -1.40. The van der Waals surface area contributed by atoms with Gasteiger partial charge in [-0.2, -0.15) is 5.10 Å². The Hall–Kier alpha value is -3.03. The first-order valence-electron chi connectivity index (χ1n) is 10.1. The van der Waals surface area contributed by atoms with Crippen LogP contribution in [-0.2, 0) is 0 Å². The summed E-state index contributed by atoms with van der Waals surface area (Å²) in [6.45, 7) is 6.89. The summed E-state index contributed by atoms with van der Waals surface area (Å²) in [5.41, 5.74) is 2.00. The van der Waals surface area contributed by atoms with E-state index in [1.54, 1.807) is 11.1 Å². The molecule has 0 atom stereocenters. The van der Waals surface area contributed by atoms with Gasteiger partial charge in [0.1, 0.15) is 11.9 Å². The van der Waals surface area contributed by atoms with Crippen molar-refractivity contribution in [2.45, 2.75) is 45.8 Å². The molecule has 4 rings (SSSR count). The Morgan fingerprint density at radius 2 is 1.93 bits per heavy atom. The molecule has 0 unspecified atom stereocenters. The first-order valence-corrected chi connectivity index (χ1v) is 10.1. The minimum absolute atomic E-state index is 0.0360. The van der Waals surface area contributed by atoms with Crippen LogP contribution in [-0.4, -0.2) is 44.8 Å². The van der Waals surface area contributed by atoms with Crippen molar-refractivity contribution in [2.24, 2.45) is 0 Å². The fourth-order valence-corrected chi connectivity index (χ4v) is 3.76. The maximum absolute atomic E-state index is 13.8. The van der Waals surface area contributed by atoms with E-state index >= 15 is 0 Å². The number of benzene rings is 1. The Morgan fingerprint density at radius 3 is 2.60 bits per heavy atom. The van der Waals surface area contributed by atoms with Gasteiger partial charge in [-0.3, -0.25) is 4.79 Å². The van der Waals surface area contributed by atoms with Gasteiger partial charge in [-0.1, -0.05) is 0 Å². The van der Waals surface area contributed by atoms with Gasteiger partial charge in [0, 0.05) is 43.4 Å². The molecule has 0 N–H and O–H groups in total. The molecule has 0 aliphatic carbocycles. The third-order valence-electron chi connectivity index (χ3n) is 5.40. The Bertz CT molecular complexity index is 1090. The summed E-state index contributed by atoms with van der Waals surface area (Å²) in [7, 11) is 0. The largest absolute Gasteiger partial charge is 0.487 e. The number of pyridine rings is 1. The minimum Gasteiger partial charge on any atom is -0.487 e. The van der Waals surface area contributed by atoms with E-state index in [4.69, 9.17) is 4.74 Å². The number of likely N-dealkylation sites (tertiary alicyclic amines) is 1. The highest BCUT2D eigenvalue weighted by molar-refractivity contribution is 5.98. The average Bonchev–Trinajstić information content (AvgIpc) is 3.12. The van der Waals surface area contributed by atoms with Gasteiger partial charge in [-0.25, -0.2) is 18.4 Å². The van der Waals surface area contributed by atoms with Gasteiger partial charge in [0.05, 0.1) is 17.5 Å². The number of carbonyl (C=O) groups excluding carboxylic acids is 1. The van der Waals surface area contributed by atoms with E-state index in [2.05, 4.69) is 10.1 Å². The van der Waals surface area contributed by atoms with Gasteiger partial charge in [0.25, 0.3) is 5.91 Å². The molecule has 1 fully saturated rings.